The lowest BCUT2D eigenvalue weighted by molar-refractivity contribution is 0.0730. The minimum atomic E-state index is -3.73. The van der Waals surface area contributed by atoms with Gasteiger partial charge in [-0.3, -0.25) is 9.78 Å². The van der Waals surface area contributed by atoms with Crippen LogP contribution in [0.15, 0.2) is 41.4 Å². The normalized spacial score (nSPS) is 15.6. The van der Waals surface area contributed by atoms with E-state index in [9.17, 15) is 18.3 Å². The van der Waals surface area contributed by atoms with Crippen LogP contribution in [0, 0.1) is 6.92 Å². The van der Waals surface area contributed by atoms with Crippen molar-refractivity contribution < 1.29 is 23.1 Å². The number of rotatable bonds is 4. The predicted molar refractivity (Wildman–Crippen MR) is 94.6 cm³/mol. The van der Waals surface area contributed by atoms with Gasteiger partial charge in [0.2, 0.25) is 10.0 Å². The van der Waals surface area contributed by atoms with E-state index in [0.717, 1.165) is 5.69 Å². The third kappa shape index (κ3) is 3.85. The fraction of sp³-hybridized carbons (Fsp3) is 0.294. The predicted octanol–water partition coefficient (Wildman–Crippen LogP) is 1.37. The Morgan fingerprint density at radius 3 is 2.62 bits per heavy atom. The van der Waals surface area contributed by atoms with Crippen LogP contribution in [0.3, 0.4) is 0 Å². The Labute approximate surface area is 151 Å². The summed E-state index contributed by atoms with van der Waals surface area (Å²) in [6, 6.07) is 7.09. The van der Waals surface area contributed by atoms with Gasteiger partial charge in [-0.1, -0.05) is 0 Å². The van der Waals surface area contributed by atoms with Gasteiger partial charge in [0.1, 0.15) is 5.75 Å². The van der Waals surface area contributed by atoms with Crippen LogP contribution < -0.4 is 5.32 Å². The highest BCUT2D eigenvalue weighted by Gasteiger charge is 2.27. The Morgan fingerprint density at radius 2 is 1.96 bits per heavy atom. The number of aromatic nitrogens is 1. The zero-order chi connectivity index (χ0) is 18.7. The minimum Gasteiger partial charge on any atom is -0.506 e. The van der Waals surface area contributed by atoms with Gasteiger partial charge >= 0.3 is 0 Å². The molecule has 8 nitrogen and oxygen atoms in total. The third-order valence-corrected chi connectivity index (χ3v) is 5.89. The van der Waals surface area contributed by atoms with Crippen LogP contribution in [0.25, 0.3) is 0 Å². The first-order chi connectivity index (χ1) is 12.4. The van der Waals surface area contributed by atoms with Crippen molar-refractivity contribution >= 4 is 21.6 Å². The van der Waals surface area contributed by atoms with E-state index in [4.69, 9.17) is 4.74 Å². The number of benzene rings is 1. The molecule has 2 aromatic rings. The summed E-state index contributed by atoms with van der Waals surface area (Å²) in [4.78, 5) is 16.3. The molecule has 0 bridgehead atoms. The van der Waals surface area contributed by atoms with Crippen molar-refractivity contribution in [2.24, 2.45) is 0 Å². The van der Waals surface area contributed by atoms with Crippen LogP contribution in [0.2, 0.25) is 0 Å². The highest BCUT2D eigenvalue weighted by molar-refractivity contribution is 7.89. The third-order valence-electron chi connectivity index (χ3n) is 4.00. The van der Waals surface area contributed by atoms with Crippen molar-refractivity contribution in [3.8, 4) is 5.75 Å². The SMILES string of the molecule is Cc1ccc(C(=O)Nc2cc(S(=O)(=O)N3CCOCC3)ccc2O)cn1. The van der Waals surface area contributed by atoms with Gasteiger partial charge in [-0.2, -0.15) is 4.31 Å². The molecule has 1 aliphatic rings. The lowest BCUT2D eigenvalue weighted by Crippen LogP contribution is -2.40. The Morgan fingerprint density at radius 1 is 1.23 bits per heavy atom. The summed E-state index contributed by atoms with van der Waals surface area (Å²) < 4.78 is 31.9. The molecule has 26 heavy (non-hydrogen) atoms. The molecule has 0 spiro atoms. The Bertz CT molecular complexity index is 906. The molecule has 1 aliphatic heterocycles. The number of carbonyl (C=O) groups is 1. The van der Waals surface area contributed by atoms with Gasteiger partial charge in [0.25, 0.3) is 5.91 Å². The molecule has 2 N–H and O–H groups in total. The molecule has 0 aliphatic carbocycles. The van der Waals surface area contributed by atoms with E-state index in [0.29, 0.717) is 18.8 Å². The van der Waals surface area contributed by atoms with E-state index in [2.05, 4.69) is 10.3 Å². The van der Waals surface area contributed by atoms with E-state index in [-0.39, 0.29) is 29.4 Å². The molecule has 1 aromatic heterocycles. The van der Waals surface area contributed by atoms with Crippen LogP contribution >= 0.6 is 0 Å². The number of amides is 1. The minimum absolute atomic E-state index is 0.00506. The first-order valence-corrected chi connectivity index (χ1v) is 9.47. The largest absolute Gasteiger partial charge is 0.506 e. The Hall–Kier alpha value is -2.49. The number of morpholine rings is 1. The molecule has 3 rings (SSSR count). The molecule has 1 saturated heterocycles. The molecule has 2 heterocycles. The molecular weight excluding hydrogens is 358 g/mol. The number of hydrogen-bond acceptors (Lipinski definition) is 6. The number of carbonyl (C=O) groups excluding carboxylic acids is 1. The maximum absolute atomic E-state index is 12.7. The monoisotopic (exact) mass is 377 g/mol. The summed E-state index contributed by atoms with van der Waals surface area (Å²) in [5, 5.41) is 12.5. The standard InChI is InChI=1S/C17H19N3O5S/c1-12-2-3-13(11-18-12)17(22)19-15-10-14(4-5-16(15)21)26(23,24)20-6-8-25-9-7-20/h2-5,10-11,21H,6-9H2,1H3,(H,19,22). The van der Waals surface area contributed by atoms with E-state index in [1.807, 2.05) is 0 Å². The number of phenols is 1. The lowest BCUT2D eigenvalue weighted by Gasteiger charge is -2.26. The first kappa shape index (κ1) is 18.3. The molecule has 1 fully saturated rings. The number of hydrogen-bond donors (Lipinski definition) is 2. The fourth-order valence-corrected chi connectivity index (χ4v) is 3.94. The zero-order valence-corrected chi connectivity index (χ0v) is 15.0. The summed E-state index contributed by atoms with van der Waals surface area (Å²) >= 11 is 0. The van der Waals surface area contributed by atoms with Crippen LogP contribution in [0.4, 0.5) is 5.69 Å². The van der Waals surface area contributed by atoms with Crippen molar-refractivity contribution in [2.75, 3.05) is 31.6 Å². The van der Waals surface area contributed by atoms with Gasteiger partial charge in [-0.05, 0) is 37.3 Å². The summed E-state index contributed by atoms with van der Waals surface area (Å²) in [7, 11) is -3.73. The molecule has 1 aromatic carbocycles. The first-order valence-electron chi connectivity index (χ1n) is 8.03. The van der Waals surface area contributed by atoms with Crippen molar-refractivity contribution in [1.82, 2.24) is 9.29 Å². The Kier molecular flexibility index (Phi) is 5.21. The van der Waals surface area contributed by atoms with Crippen molar-refractivity contribution in [2.45, 2.75) is 11.8 Å². The average molecular weight is 377 g/mol. The number of sulfonamides is 1. The Balaban J connectivity index is 1.85. The topological polar surface area (TPSA) is 109 Å². The van der Waals surface area contributed by atoms with E-state index in [1.165, 1.54) is 28.7 Å². The van der Waals surface area contributed by atoms with E-state index < -0.39 is 15.9 Å². The van der Waals surface area contributed by atoms with Gasteiger partial charge in [-0.25, -0.2) is 8.42 Å². The fourth-order valence-electron chi connectivity index (χ4n) is 2.51. The van der Waals surface area contributed by atoms with Crippen molar-refractivity contribution in [3.05, 3.63) is 47.8 Å². The van der Waals surface area contributed by atoms with Gasteiger partial charge in [0, 0.05) is 25.0 Å². The number of aromatic hydroxyl groups is 1. The van der Waals surface area contributed by atoms with Crippen LogP contribution in [-0.2, 0) is 14.8 Å². The van der Waals surface area contributed by atoms with Gasteiger partial charge in [0.05, 0.1) is 29.4 Å². The lowest BCUT2D eigenvalue weighted by atomic mass is 10.2. The second-order valence-electron chi connectivity index (χ2n) is 5.84. The second-order valence-corrected chi connectivity index (χ2v) is 7.78. The van der Waals surface area contributed by atoms with E-state index in [1.54, 1.807) is 19.1 Å². The number of phenolic OH excluding ortho intramolecular Hbond substituents is 1. The number of nitrogens with zero attached hydrogens (tertiary/aromatic N) is 2. The highest BCUT2D eigenvalue weighted by Crippen LogP contribution is 2.28. The second kappa shape index (κ2) is 7.40. The molecule has 0 saturated carbocycles. The zero-order valence-electron chi connectivity index (χ0n) is 14.2. The summed E-state index contributed by atoms with van der Waals surface area (Å²) in [5.74, 6) is -0.715. The van der Waals surface area contributed by atoms with Crippen molar-refractivity contribution in [3.63, 3.8) is 0 Å². The average Bonchev–Trinajstić information content (AvgIpc) is 2.64. The number of aryl methyl sites for hydroxylation is 1. The highest BCUT2D eigenvalue weighted by atomic mass is 32.2. The van der Waals surface area contributed by atoms with E-state index >= 15 is 0 Å². The molecule has 0 radical (unpaired) electrons. The number of ether oxygens (including phenoxy) is 1. The molecule has 1 amide bonds. The van der Waals surface area contributed by atoms with Gasteiger partial charge in [-0.15, -0.1) is 0 Å². The maximum atomic E-state index is 12.7. The molecule has 0 unspecified atom stereocenters. The van der Waals surface area contributed by atoms with Gasteiger partial charge < -0.3 is 15.2 Å². The summed E-state index contributed by atoms with van der Waals surface area (Å²) in [6.07, 6.45) is 1.41. The summed E-state index contributed by atoms with van der Waals surface area (Å²) in [6.45, 7) is 3.00. The van der Waals surface area contributed by atoms with Crippen molar-refractivity contribution in [1.29, 1.82) is 0 Å². The van der Waals surface area contributed by atoms with Gasteiger partial charge in [0.15, 0.2) is 0 Å². The molecular formula is C17H19N3O5S. The quantitative estimate of drug-likeness (QED) is 0.779. The number of anilines is 1. The molecule has 9 heteroatoms. The van der Waals surface area contributed by atoms with Crippen LogP contribution in [-0.4, -0.2) is 55.0 Å². The smallest absolute Gasteiger partial charge is 0.257 e. The number of pyridine rings is 1. The summed E-state index contributed by atoms with van der Waals surface area (Å²) in [5.41, 5.74) is 1.09. The number of nitrogens with one attached hydrogen (secondary N) is 1. The van der Waals surface area contributed by atoms with Crippen LogP contribution in [0.5, 0.6) is 5.75 Å². The van der Waals surface area contributed by atoms with Crippen LogP contribution in [0.1, 0.15) is 16.1 Å². The molecule has 138 valence electrons. The maximum Gasteiger partial charge on any atom is 0.257 e. The molecule has 0 atom stereocenters.